The second-order valence-corrected chi connectivity index (χ2v) is 8.89. The van der Waals surface area contributed by atoms with Crippen molar-refractivity contribution in [3.8, 4) is 10.4 Å². The summed E-state index contributed by atoms with van der Waals surface area (Å²) in [5.74, 6) is 1.64. The van der Waals surface area contributed by atoms with Crippen LogP contribution in [0.15, 0.2) is 45.9 Å². The van der Waals surface area contributed by atoms with Crippen LogP contribution in [0.3, 0.4) is 0 Å². The van der Waals surface area contributed by atoms with Gasteiger partial charge >= 0.3 is 0 Å². The highest BCUT2D eigenvalue weighted by Crippen LogP contribution is 2.35. The van der Waals surface area contributed by atoms with Gasteiger partial charge in [-0.25, -0.2) is 14.5 Å². The highest BCUT2D eigenvalue weighted by atomic mass is 32.2. The van der Waals surface area contributed by atoms with E-state index in [2.05, 4.69) is 38.0 Å². The number of rotatable bonds is 4. The predicted octanol–water partition coefficient (Wildman–Crippen LogP) is 3.75. The van der Waals surface area contributed by atoms with Gasteiger partial charge in [-0.3, -0.25) is 4.79 Å². The molecule has 0 aliphatic carbocycles. The molecule has 27 heavy (non-hydrogen) atoms. The molecule has 0 saturated carbocycles. The van der Waals surface area contributed by atoms with E-state index < -0.39 is 0 Å². The van der Waals surface area contributed by atoms with Crippen LogP contribution in [0.25, 0.3) is 26.4 Å². The summed E-state index contributed by atoms with van der Waals surface area (Å²) >= 11 is 4.59. The second-order valence-electron chi connectivity index (χ2n) is 5.80. The van der Waals surface area contributed by atoms with Crippen molar-refractivity contribution in [2.45, 2.75) is 17.8 Å². The standard InChI is InChI=1S/C17H12N6OS3/c1-9-3-4-11(27-9)10-7-25-15-13(10)14(24)19-12(20-15)8-26-17-21-16-18-5-2-6-23(16)22-17/h2-7H,8H2,1H3,(H,19,20,24). The third-order valence-corrected chi connectivity index (χ3v) is 6.69. The fraction of sp³-hybridized carbons (Fsp3) is 0.118. The first-order chi connectivity index (χ1) is 13.2. The summed E-state index contributed by atoms with van der Waals surface area (Å²) in [4.78, 5) is 31.8. The summed E-state index contributed by atoms with van der Waals surface area (Å²) in [6.45, 7) is 2.06. The van der Waals surface area contributed by atoms with Crippen molar-refractivity contribution < 1.29 is 0 Å². The third kappa shape index (κ3) is 3.05. The number of thioether (sulfide) groups is 1. The molecule has 10 heteroatoms. The van der Waals surface area contributed by atoms with Gasteiger partial charge in [0.15, 0.2) is 0 Å². The number of aryl methyl sites for hydroxylation is 1. The van der Waals surface area contributed by atoms with E-state index in [0.717, 1.165) is 15.3 Å². The van der Waals surface area contributed by atoms with Crippen molar-refractivity contribution in [2.24, 2.45) is 0 Å². The molecule has 0 aliphatic heterocycles. The molecule has 0 unspecified atom stereocenters. The molecule has 5 aromatic rings. The summed E-state index contributed by atoms with van der Waals surface area (Å²) < 4.78 is 1.62. The SMILES string of the molecule is Cc1ccc(-c2csc3nc(CSc4nc5ncccn5n4)[nH]c(=O)c23)s1. The Labute approximate surface area is 165 Å². The van der Waals surface area contributed by atoms with Gasteiger partial charge in [0.2, 0.25) is 5.16 Å². The molecule has 5 heterocycles. The van der Waals surface area contributed by atoms with Gasteiger partial charge in [0.25, 0.3) is 11.3 Å². The van der Waals surface area contributed by atoms with E-state index >= 15 is 0 Å². The molecule has 5 rings (SSSR count). The zero-order chi connectivity index (χ0) is 18.4. The van der Waals surface area contributed by atoms with Crippen molar-refractivity contribution in [3.05, 3.63) is 57.0 Å². The number of thiophene rings is 2. The molecule has 0 amide bonds. The fourth-order valence-electron chi connectivity index (χ4n) is 2.73. The summed E-state index contributed by atoms with van der Waals surface area (Å²) in [7, 11) is 0. The number of aromatic amines is 1. The molecule has 0 bridgehead atoms. The lowest BCUT2D eigenvalue weighted by molar-refractivity contribution is 0.878. The van der Waals surface area contributed by atoms with Crippen LogP contribution in [-0.2, 0) is 5.75 Å². The Hall–Kier alpha value is -2.56. The number of H-pyrrole nitrogens is 1. The minimum Gasteiger partial charge on any atom is -0.309 e. The van der Waals surface area contributed by atoms with Gasteiger partial charge < -0.3 is 4.98 Å². The number of hydrogen-bond donors (Lipinski definition) is 1. The smallest absolute Gasteiger partial charge is 0.260 e. The minimum absolute atomic E-state index is 0.109. The lowest BCUT2D eigenvalue weighted by Crippen LogP contribution is -2.10. The van der Waals surface area contributed by atoms with Gasteiger partial charge in [0.1, 0.15) is 10.7 Å². The number of hydrogen-bond acceptors (Lipinski definition) is 8. The molecule has 7 nitrogen and oxygen atoms in total. The zero-order valence-corrected chi connectivity index (χ0v) is 16.5. The van der Waals surface area contributed by atoms with Gasteiger partial charge in [0, 0.05) is 33.1 Å². The van der Waals surface area contributed by atoms with Gasteiger partial charge in [-0.2, -0.15) is 4.98 Å². The number of nitrogens with one attached hydrogen (secondary N) is 1. The lowest BCUT2D eigenvalue weighted by Gasteiger charge is -2.00. The Morgan fingerprint density at radius 3 is 3.04 bits per heavy atom. The van der Waals surface area contributed by atoms with Crippen LogP contribution in [0, 0.1) is 6.92 Å². The van der Waals surface area contributed by atoms with Crippen molar-refractivity contribution in [3.63, 3.8) is 0 Å². The maximum absolute atomic E-state index is 12.7. The number of aromatic nitrogens is 6. The molecule has 0 aliphatic rings. The Morgan fingerprint density at radius 1 is 1.30 bits per heavy atom. The Morgan fingerprint density at radius 2 is 2.22 bits per heavy atom. The highest BCUT2D eigenvalue weighted by Gasteiger charge is 2.15. The van der Waals surface area contributed by atoms with E-state index in [0.29, 0.717) is 27.9 Å². The first kappa shape index (κ1) is 16.6. The summed E-state index contributed by atoms with van der Waals surface area (Å²) in [6, 6.07) is 5.91. The molecule has 0 spiro atoms. The van der Waals surface area contributed by atoms with E-state index in [1.165, 1.54) is 28.0 Å². The predicted molar refractivity (Wildman–Crippen MR) is 109 cm³/mol. The largest absolute Gasteiger partial charge is 0.309 e. The molecule has 0 saturated heterocycles. The summed E-state index contributed by atoms with van der Waals surface area (Å²) in [5.41, 5.74) is 0.844. The summed E-state index contributed by atoms with van der Waals surface area (Å²) in [5, 5.41) is 7.61. The fourth-order valence-corrected chi connectivity index (χ4v) is 5.35. The van der Waals surface area contributed by atoms with Crippen molar-refractivity contribution in [1.82, 2.24) is 29.5 Å². The third-order valence-electron chi connectivity index (χ3n) is 3.93. The molecule has 0 fully saturated rings. The summed E-state index contributed by atoms with van der Waals surface area (Å²) in [6.07, 6.45) is 3.47. The molecule has 0 aromatic carbocycles. The molecule has 1 N–H and O–H groups in total. The molecular formula is C17H12N6OS3. The van der Waals surface area contributed by atoms with Gasteiger partial charge in [0.05, 0.1) is 11.1 Å². The maximum atomic E-state index is 12.7. The van der Waals surface area contributed by atoms with Gasteiger partial charge in [-0.05, 0) is 25.1 Å². The van der Waals surface area contributed by atoms with E-state index in [4.69, 9.17) is 0 Å². The van der Waals surface area contributed by atoms with Gasteiger partial charge in [-0.15, -0.1) is 27.8 Å². The second kappa shape index (κ2) is 6.55. The zero-order valence-electron chi connectivity index (χ0n) is 14.0. The Kier molecular flexibility index (Phi) is 4.03. The molecule has 134 valence electrons. The van der Waals surface area contributed by atoms with E-state index in [-0.39, 0.29) is 5.56 Å². The van der Waals surface area contributed by atoms with Crippen molar-refractivity contribution in [2.75, 3.05) is 0 Å². The van der Waals surface area contributed by atoms with Crippen LogP contribution in [0.1, 0.15) is 10.7 Å². The normalized spacial score (nSPS) is 11.6. The molecular weight excluding hydrogens is 400 g/mol. The van der Waals surface area contributed by atoms with Crippen LogP contribution in [-0.4, -0.2) is 29.5 Å². The number of nitrogens with zero attached hydrogens (tertiary/aromatic N) is 5. The monoisotopic (exact) mass is 412 g/mol. The van der Waals surface area contributed by atoms with E-state index in [1.54, 1.807) is 34.3 Å². The quantitative estimate of drug-likeness (QED) is 0.452. The van der Waals surface area contributed by atoms with Crippen LogP contribution in [0.2, 0.25) is 0 Å². The minimum atomic E-state index is -0.109. The molecule has 0 radical (unpaired) electrons. The topological polar surface area (TPSA) is 88.8 Å². The average Bonchev–Trinajstić information content (AvgIpc) is 3.37. The average molecular weight is 413 g/mol. The maximum Gasteiger partial charge on any atom is 0.260 e. The van der Waals surface area contributed by atoms with Crippen LogP contribution >= 0.6 is 34.4 Å². The first-order valence-electron chi connectivity index (χ1n) is 8.05. The highest BCUT2D eigenvalue weighted by molar-refractivity contribution is 7.98. The van der Waals surface area contributed by atoms with Crippen LogP contribution < -0.4 is 5.56 Å². The first-order valence-corrected chi connectivity index (χ1v) is 10.7. The van der Waals surface area contributed by atoms with Gasteiger partial charge in [-0.1, -0.05) is 11.8 Å². The lowest BCUT2D eigenvalue weighted by atomic mass is 10.2. The Bertz CT molecular complexity index is 1300. The van der Waals surface area contributed by atoms with E-state index in [9.17, 15) is 4.79 Å². The number of fused-ring (bicyclic) bond motifs is 2. The van der Waals surface area contributed by atoms with E-state index in [1.807, 2.05) is 11.4 Å². The Balaban J connectivity index is 1.45. The molecule has 0 atom stereocenters. The molecule has 5 aromatic heterocycles. The van der Waals surface area contributed by atoms with Crippen LogP contribution in [0.4, 0.5) is 0 Å². The van der Waals surface area contributed by atoms with Crippen molar-refractivity contribution in [1.29, 1.82) is 0 Å². The van der Waals surface area contributed by atoms with Crippen LogP contribution in [0.5, 0.6) is 0 Å². The van der Waals surface area contributed by atoms with Crippen molar-refractivity contribution >= 4 is 50.4 Å².